The molecule has 2 aromatic heterocycles. The smallest absolute Gasteiger partial charge is 0.318 e. The Labute approximate surface area is 161 Å². The Morgan fingerprint density at radius 1 is 1.30 bits per heavy atom. The molecule has 0 bridgehead atoms. The Hall–Kier alpha value is -2.67. The maximum atomic E-state index is 12.8. The number of carbonyl (C=O) groups is 1. The van der Waals surface area contributed by atoms with E-state index in [1.807, 2.05) is 42.2 Å². The normalized spacial score (nSPS) is 13.6. The van der Waals surface area contributed by atoms with Crippen LogP contribution < -0.4 is 10.9 Å². The Bertz CT molecular complexity index is 1030. The van der Waals surface area contributed by atoms with E-state index in [0.29, 0.717) is 32.6 Å². The van der Waals surface area contributed by atoms with Crippen LogP contribution in [-0.2, 0) is 26.1 Å². The summed E-state index contributed by atoms with van der Waals surface area (Å²) in [7, 11) is 0. The van der Waals surface area contributed by atoms with Crippen LogP contribution in [0, 0.1) is 0 Å². The molecule has 0 fully saturated rings. The van der Waals surface area contributed by atoms with Crippen LogP contribution in [0.5, 0.6) is 0 Å². The lowest BCUT2D eigenvalue weighted by Crippen LogP contribution is -2.42. The van der Waals surface area contributed by atoms with Gasteiger partial charge in [0.25, 0.3) is 5.56 Å². The fourth-order valence-corrected chi connectivity index (χ4v) is 4.67. The highest BCUT2D eigenvalue weighted by Gasteiger charge is 2.26. The zero-order valence-corrected chi connectivity index (χ0v) is 16.1. The molecule has 1 aromatic carbocycles. The number of thiophene rings is 1. The third-order valence-electron chi connectivity index (χ3n) is 4.87. The summed E-state index contributed by atoms with van der Waals surface area (Å²) in [6, 6.07) is 9.80. The molecule has 3 aromatic rings. The second-order valence-corrected chi connectivity index (χ2v) is 7.83. The molecule has 27 heavy (non-hydrogen) atoms. The molecule has 0 aliphatic carbocycles. The van der Waals surface area contributed by atoms with Gasteiger partial charge in [0.1, 0.15) is 4.83 Å². The van der Waals surface area contributed by atoms with Crippen molar-refractivity contribution in [3.63, 3.8) is 0 Å². The minimum atomic E-state index is -0.0710. The van der Waals surface area contributed by atoms with Gasteiger partial charge in [-0.05, 0) is 24.0 Å². The molecule has 3 heterocycles. The summed E-state index contributed by atoms with van der Waals surface area (Å²) in [5.41, 5.74) is 2.19. The number of hydrogen-bond acceptors (Lipinski definition) is 4. The van der Waals surface area contributed by atoms with Gasteiger partial charge in [-0.25, -0.2) is 9.78 Å². The Morgan fingerprint density at radius 2 is 2.11 bits per heavy atom. The molecule has 4 rings (SSSR count). The zero-order chi connectivity index (χ0) is 18.8. The van der Waals surface area contributed by atoms with E-state index in [1.165, 1.54) is 11.3 Å². The molecular weight excluding hydrogens is 360 g/mol. The van der Waals surface area contributed by atoms with E-state index in [4.69, 9.17) is 0 Å². The Balaban J connectivity index is 1.52. The molecule has 1 aliphatic heterocycles. The van der Waals surface area contributed by atoms with Gasteiger partial charge in [-0.2, -0.15) is 0 Å². The molecule has 1 aliphatic rings. The first-order chi connectivity index (χ1) is 13.2. The molecule has 7 heteroatoms. The Morgan fingerprint density at radius 3 is 2.89 bits per heavy atom. The second-order valence-electron chi connectivity index (χ2n) is 6.74. The monoisotopic (exact) mass is 382 g/mol. The van der Waals surface area contributed by atoms with Crippen molar-refractivity contribution >= 4 is 27.6 Å². The molecule has 0 atom stereocenters. The molecule has 0 spiro atoms. The predicted molar refractivity (Wildman–Crippen MR) is 107 cm³/mol. The zero-order valence-electron chi connectivity index (χ0n) is 15.3. The van der Waals surface area contributed by atoms with Crippen molar-refractivity contribution in [1.82, 2.24) is 19.8 Å². The van der Waals surface area contributed by atoms with E-state index >= 15 is 0 Å². The lowest BCUT2D eigenvalue weighted by molar-refractivity contribution is 0.193. The lowest BCUT2D eigenvalue weighted by atomic mass is 10.1. The molecule has 0 saturated heterocycles. The van der Waals surface area contributed by atoms with Gasteiger partial charge in [0.15, 0.2) is 0 Å². The first-order valence-electron chi connectivity index (χ1n) is 9.23. The topological polar surface area (TPSA) is 67.2 Å². The van der Waals surface area contributed by atoms with Crippen LogP contribution in [0.25, 0.3) is 10.2 Å². The molecule has 0 unspecified atom stereocenters. The van der Waals surface area contributed by atoms with Crippen molar-refractivity contribution in [2.24, 2.45) is 0 Å². The van der Waals surface area contributed by atoms with Gasteiger partial charge in [-0.1, -0.05) is 37.3 Å². The summed E-state index contributed by atoms with van der Waals surface area (Å²) < 4.78 is 1.69. The third kappa shape index (κ3) is 3.47. The second kappa shape index (κ2) is 7.52. The average molecular weight is 382 g/mol. The van der Waals surface area contributed by atoms with Crippen molar-refractivity contribution in [2.75, 3.05) is 6.54 Å². The van der Waals surface area contributed by atoms with Crippen LogP contribution >= 0.6 is 11.3 Å². The number of nitrogens with zero attached hydrogens (tertiary/aromatic N) is 3. The number of rotatable bonds is 4. The van der Waals surface area contributed by atoms with Crippen molar-refractivity contribution in [2.45, 2.75) is 39.4 Å². The number of aryl methyl sites for hydroxylation is 1. The molecule has 1 N–H and O–H groups in total. The number of carbonyl (C=O) groups excluding carboxylic acids is 1. The molecule has 0 saturated carbocycles. The number of aromatic nitrogens is 2. The molecule has 2 amide bonds. The minimum Gasteiger partial charge on any atom is -0.334 e. The van der Waals surface area contributed by atoms with Crippen molar-refractivity contribution in [3.8, 4) is 0 Å². The highest BCUT2D eigenvalue weighted by atomic mass is 32.1. The highest BCUT2D eigenvalue weighted by Crippen LogP contribution is 2.32. The van der Waals surface area contributed by atoms with Crippen LogP contribution in [0.3, 0.4) is 0 Å². The maximum Gasteiger partial charge on any atom is 0.318 e. The number of nitrogens with one attached hydrogen (secondary N) is 1. The third-order valence-corrected chi connectivity index (χ3v) is 5.99. The van der Waals surface area contributed by atoms with Gasteiger partial charge >= 0.3 is 6.03 Å². The van der Waals surface area contributed by atoms with E-state index < -0.39 is 0 Å². The summed E-state index contributed by atoms with van der Waals surface area (Å²) >= 11 is 1.53. The average Bonchev–Trinajstić information content (AvgIpc) is 3.07. The molecule has 140 valence electrons. The number of urea groups is 1. The summed E-state index contributed by atoms with van der Waals surface area (Å²) in [4.78, 5) is 33.4. The largest absolute Gasteiger partial charge is 0.334 e. The first kappa shape index (κ1) is 17.7. The van der Waals surface area contributed by atoms with E-state index in [1.54, 1.807) is 10.9 Å². The number of benzene rings is 1. The van der Waals surface area contributed by atoms with E-state index in [9.17, 15) is 9.59 Å². The first-order valence-corrected chi connectivity index (χ1v) is 10.1. The van der Waals surface area contributed by atoms with Crippen LogP contribution in [0.2, 0.25) is 0 Å². The Kier molecular flexibility index (Phi) is 4.94. The van der Waals surface area contributed by atoms with Gasteiger partial charge in [-0.15, -0.1) is 11.3 Å². The van der Waals surface area contributed by atoms with Gasteiger partial charge in [0, 0.05) is 24.5 Å². The number of hydrogen-bond donors (Lipinski definition) is 1. The quantitative estimate of drug-likeness (QED) is 0.754. The van der Waals surface area contributed by atoms with Crippen molar-refractivity contribution < 1.29 is 4.79 Å². The highest BCUT2D eigenvalue weighted by molar-refractivity contribution is 7.18. The summed E-state index contributed by atoms with van der Waals surface area (Å²) in [6.07, 6.45) is 3.23. The summed E-state index contributed by atoms with van der Waals surface area (Å²) in [5, 5.41) is 3.73. The van der Waals surface area contributed by atoms with E-state index in [2.05, 4.69) is 10.3 Å². The summed E-state index contributed by atoms with van der Waals surface area (Å²) in [6.45, 7) is 4.39. The predicted octanol–water partition coefficient (Wildman–Crippen LogP) is 3.14. The molecular formula is C20H22N4O2S. The lowest BCUT2D eigenvalue weighted by Gasteiger charge is -2.27. The molecule has 6 nitrogen and oxygen atoms in total. The number of amides is 2. The SMILES string of the molecule is CCCn1cnc2sc3c(c2c1=O)CCN(C(=O)NCc1ccccc1)C3. The van der Waals surface area contributed by atoms with E-state index in [-0.39, 0.29) is 11.6 Å². The minimum absolute atomic E-state index is 0.0429. The van der Waals surface area contributed by atoms with Crippen molar-refractivity contribution in [1.29, 1.82) is 0 Å². The fraction of sp³-hybridized carbons (Fsp3) is 0.350. The van der Waals surface area contributed by atoms with Crippen molar-refractivity contribution in [3.05, 3.63) is 63.0 Å². The van der Waals surface area contributed by atoms with E-state index in [0.717, 1.165) is 32.6 Å². The van der Waals surface area contributed by atoms with Gasteiger partial charge in [-0.3, -0.25) is 9.36 Å². The summed E-state index contributed by atoms with van der Waals surface area (Å²) in [5.74, 6) is 0. The van der Waals surface area contributed by atoms with Crippen LogP contribution in [0.15, 0.2) is 41.5 Å². The standard InChI is InChI=1S/C20H22N4O2S/c1-2-9-24-13-22-18-17(19(24)25)15-8-10-23(12-16(15)27-18)20(26)21-11-14-6-4-3-5-7-14/h3-7,13H,2,8-12H2,1H3,(H,21,26). The molecule has 0 radical (unpaired) electrons. The van der Waals surface area contributed by atoms with Crippen LogP contribution in [0.4, 0.5) is 4.79 Å². The van der Waals surface area contributed by atoms with Crippen LogP contribution in [0.1, 0.15) is 29.3 Å². The number of fused-ring (bicyclic) bond motifs is 3. The van der Waals surface area contributed by atoms with Gasteiger partial charge in [0.2, 0.25) is 0 Å². The van der Waals surface area contributed by atoms with Crippen LogP contribution in [-0.4, -0.2) is 27.0 Å². The van der Waals surface area contributed by atoms with Gasteiger partial charge < -0.3 is 10.2 Å². The maximum absolute atomic E-state index is 12.8. The fourth-order valence-electron chi connectivity index (χ4n) is 3.48. The van der Waals surface area contributed by atoms with Gasteiger partial charge in [0.05, 0.1) is 18.3 Å².